The van der Waals surface area contributed by atoms with Crippen LogP contribution < -0.4 is 4.74 Å². The Hall–Kier alpha value is -1.17. The number of halogens is 1. The highest BCUT2D eigenvalue weighted by Crippen LogP contribution is 2.39. The van der Waals surface area contributed by atoms with E-state index >= 15 is 0 Å². The first kappa shape index (κ1) is 16.2. The molecule has 21 heavy (non-hydrogen) atoms. The highest BCUT2D eigenvalue weighted by Gasteiger charge is 2.47. The van der Waals surface area contributed by atoms with Crippen molar-refractivity contribution in [1.29, 1.82) is 0 Å². The van der Waals surface area contributed by atoms with Crippen LogP contribution in [0, 0.1) is 11.8 Å². The van der Waals surface area contributed by atoms with Crippen LogP contribution in [0.15, 0.2) is 24.3 Å². The van der Waals surface area contributed by atoms with Gasteiger partial charge in [0.15, 0.2) is 0 Å². The summed E-state index contributed by atoms with van der Waals surface area (Å²) in [6.45, 7) is 8.37. The molecule has 0 bridgehead atoms. The molecule has 1 aliphatic rings. The van der Waals surface area contributed by atoms with Gasteiger partial charge < -0.3 is 9.47 Å². The summed E-state index contributed by atoms with van der Waals surface area (Å²) in [7, 11) is 0. The third kappa shape index (κ3) is 4.40. The Morgan fingerprint density at radius 3 is 2.43 bits per heavy atom. The lowest BCUT2D eigenvalue weighted by Crippen LogP contribution is -2.36. The molecule has 0 saturated carbocycles. The Morgan fingerprint density at radius 1 is 1.24 bits per heavy atom. The van der Waals surface area contributed by atoms with E-state index in [1.54, 1.807) is 0 Å². The third-order valence-electron chi connectivity index (χ3n) is 3.58. The third-order valence-corrected chi connectivity index (χ3v) is 3.77. The molecular weight excluding hydrogens is 284 g/mol. The second-order valence-corrected chi connectivity index (χ2v) is 6.92. The fourth-order valence-corrected chi connectivity index (χ4v) is 2.78. The Kier molecular flexibility index (Phi) is 4.86. The van der Waals surface area contributed by atoms with E-state index in [0.717, 1.165) is 17.7 Å². The van der Waals surface area contributed by atoms with Gasteiger partial charge in [0, 0.05) is 24.3 Å². The van der Waals surface area contributed by atoms with Gasteiger partial charge in [-0.15, -0.1) is 11.6 Å². The SMILES string of the molecule is CC1(C)CC(Oc2ccc(C#CCCCl)cc2)C(C)(C)O1. The molecular formula is C18H23ClO2. The average Bonchev–Trinajstić information content (AvgIpc) is 2.59. The first-order chi connectivity index (χ1) is 9.82. The summed E-state index contributed by atoms with van der Waals surface area (Å²) < 4.78 is 12.2. The number of ether oxygens (including phenoxy) is 2. The highest BCUT2D eigenvalue weighted by molar-refractivity contribution is 6.18. The van der Waals surface area contributed by atoms with Gasteiger partial charge in [0.05, 0.1) is 5.60 Å². The first-order valence-electron chi connectivity index (χ1n) is 7.34. The summed E-state index contributed by atoms with van der Waals surface area (Å²) in [6, 6.07) is 7.88. The summed E-state index contributed by atoms with van der Waals surface area (Å²) in [6.07, 6.45) is 1.65. The van der Waals surface area contributed by atoms with Gasteiger partial charge in [0.25, 0.3) is 0 Å². The standard InChI is InChI=1S/C18H23ClO2/c1-17(2)13-16(18(3,4)21-17)20-15-10-8-14(9-11-15)7-5-6-12-19/h8-11,16H,6,12-13H2,1-4H3. The van der Waals surface area contributed by atoms with Crippen molar-refractivity contribution >= 4 is 11.6 Å². The zero-order valence-corrected chi connectivity index (χ0v) is 14.0. The Bertz CT molecular complexity index is 535. The van der Waals surface area contributed by atoms with Crippen LogP contribution in [-0.4, -0.2) is 23.2 Å². The second-order valence-electron chi connectivity index (χ2n) is 6.54. The summed E-state index contributed by atoms with van der Waals surface area (Å²) in [5.74, 6) is 7.53. The maximum atomic E-state index is 6.11. The summed E-state index contributed by atoms with van der Waals surface area (Å²) in [5.41, 5.74) is 0.568. The molecule has 2 rings (SSSR count). The van der Waals surface area contributed by atoms with Crippen LogP contribution in [0.25, 0.3) is 0 Å². The molecule has 1 atom stereocenters. The zero-order chi connectivity index (χ0) is 15.5. The largest absolute Gasteiger partial charge is 0.487 e. The van der Waals surface area contributed by atoms with Crippen LogP contribution >= 0.6 is 11.6 Å². The van der Waals surface area contributed by atoms with E-state index in [0.29, 0.717) is 12.3 Å². The molecule has 1 unspecified atom stereocenters. The van der Waals surface area contributed by atoms with Crippen molar-refractivity contribution < 1.29 is 9.47 Å². The van der Waals surface area contributed by atoms with Gasteiger partial charge in [0.2, 0.25) is 0 Å². The molecule has 2 nitrogen and oxygen atoms in total. The van der Waals surface area contributed by atoms with Crippen molar-refractivity contribution in [3.63, 3.8) is 0 Å². The Balaban J connectivity index is 2.03. The minimum atomic E-state index is -0.275. The highest BCUT2D eigenvalue weighted by atomic mass is 35.5. The topological polar surface area (TPSA) is 18.5 Å². The van der Waals surface area contributed by atoms with Crippen molar-refractivity contribution in [2.45, 2.75) is 57.8 Å². The lowest BCUT2D eigenvalue weighted by molar-refractivity contribution is -0.0846. The first-order valence-corrected chi connectivity index (χ1v) is 7.88. The molecule has 0 spiro atoms. The van der Waals surface area contributed by atoms with Crippen LogP contribution in [0.2, 0.25) is 0 Å². The van der Waals surface area contributed by atoms with Crippen LogP contribution in [0.4, 0.5) is 0 Å². The molecule has 1 aromatic rings. The molecule has 3 heteroatoms. The van der Waals surface area contributed by atoms with Gasteiger partial charge in [0.1, 0.15) is 17.5 Å². The summed E-state index contributed by atoms with van der Waals surface area (Å²) in [5, 5.41) is 0. The molecule has 0 N–H and O–H groups in total. The minimum absolute atomic E-state index is 0.0562. The minimum Gasteiger partial charge on any atom is -0.487 e. The van der Waals surface area contributed by atoms with Crippen molar-refractivity contribution in [1.82, 2.24) is 0 Å². The van der Waals surface area contributed by atoms with Gasteiger partial charge in [-0.3, -0.25) is 0 Å². The van der Waals surface area contributed by atoms with E-state index in [1.807, 2.05) is 24.3 Å². The maximum Gasteiger partial charge on any atom is 0.130 e. The summed E-state index contributed by atoms with van der Waals surface area (Å²) in [4.78, 5) is 0. The average molecular weight is 307 g/mol. The van der Waals surface area contributed by atoms with Crippen LogP contribution in [-0.2, 0) is 4.74 Å². The van der Waals surface area contributed by atoms with Gasteiger partial charge >= 0.3 is 0 Å². The molecule has 1 saturated heterocycles. The second kappa shape index (κ2) is 6.30. The van der Waals surface area contributed by atoms with E-state index in [9.17, 15) is 0 Å². The molecule has 0 aliphatic carbocycles. The van der Waals surface area contributed by atoms with E-state index in [4.69, 9.17) is 21.1 Å². The van der Waals surface area contributed by atoms with Gasteiger partial charge in [-0.1, -0.05) is 11.8 Å². The fraction of sp³-hybridized carbons (Fsp3) is 0.556. The molecule has 0 radical (unpaired) electrons. The zero-order valence-electron chi connectivity index (χ0n) is 13.2. The van der Waals surface area contributed by atoms with E-state index in [2.05, 4.69) is 39.5 Å². The monoisotopic (exact) mass is 306 g/mol. The normalized spacial score (nSPS) is 22.4. The molecule has 1 aromatic carbocycles. The molecule has 1 fully saturated rings. The quantitative estimate of drug-likeness (QED) is 0.609. The number of hydrogen-bond donors (Lipinski definition) is 0. The molecule has 0 aromatic heterocycles. The summed E-state index contributed by atoms with van der Waals surface area (Å²) >= 11 is 5.60. The van der Waals surface area contributed by atoms with Crippen LogP contribution in [0.1, 0.15) is 46.1 Å². The van der Waals surface area contributed by atoms with Gasteiger partial charge in [-0.25, -0.2) is 0 Å². The van der Waals surface area contributed by atoms with E-state index in [-0.39, 0.29) is 17.3 Å². The molecule has 0 amide bonds. The molecule has 1 aliphatic heterocycles. The number of alkyl halides is 1. The van der Waals surface area contributed by atoms with Crippen molar-refractivity contribution in [3.8, 4) is 17.6 Å². The number of hydrogen-bond acceptors (Lipinski definition) is 2. The van der Waals surface area contributed by atoms with Crippen LogP contribution in [0.5, 0.6) is 5.75 Å². The van der Waals surface area contributed by atoms with Gasteiger partial charge in [-0.2, -0.15) is 0 Å². The van der Waals surface area contributed by atoms with Crippen molar-refractivity contribution in [2.24, 2.45) is 0 Å². The lowest BCUT2D eigenvalue weighted by Gasteiger charge is -2.27. The van der Waals surface area contributed by atoms with Crippen molar-refractivity contribution in [3.05, 3.63) is 29.8 Å². The van der Waals surface area contributed by atoms with E-state index in [1.165, 1.54) is 0 Å². The fourth-order valence-electron chi connectivity index (χ4n) is 2.69. The number of benzene rings is 1. The maximum absolute atomic E-state index is 6.11. The number of rotatable bonds is 3. The smallest absolute Gasteiger partial charge is 0.130 e. The Labute approximate surface area is 132 Å². The van der Waals surface area contributed by atoms with Gasteiger partial charge in [-0.05, 0) is 52.0 Å². The lowest BCUT2D eigenvalue weighted by atomic mass is 9.97. The van der Waals surface area contributed by atoms with Crippen LogP contribution in [0.3, 0.4) is 0 Å². The molecule has 114 valence electrons. The Morgan fingerprint density at radius 2 is 1.90 bits per heavy atom. The predicted molar refractivity (Wildman–Crippen MR) is 86.9 cm³/mol. The predicted octanol–water partition coefficient (Wildman–Crippen LogP) is 4.39. The van der Waals surface area contributed by atoms with E-state index < -0.39 is 0 Å². The molecule has 1 heterocycles. The van der Waals surface area contributed by atoms with Crippen molar-refractivity contribution in [2.75, 3.05) is 5.88 Å².